The van der Waals surface area contributed by atoms with Crippen LogP contribution in [0.4, 0.5) is 5.82 Å². The van der Waals surface area contributed by atoms with Crippen molar-refractivity contribution in [1.29, 1.82) is 0 Å². The molecule has 0 aliphatic heterocycles. The second-order valence-corrected chi connectivity index (χ2v) is 4.12. The fraction of sp³-hybridized carbons (Fsp3) is 0.692. The van der Waals surface area contributed by atoms with Crippen molar-refractivity contribution in [2.45, 2.75) is 46.5 Å². The van der Waals surface area contributed by atoms with Gasteiger partial charge in [-0.3, -0.25) is 0 Å². The first-order valence-corrected chi connectivity index (χ1v) is 6.48. The normalized spacial score (nSPS) is 10.3. The van der Waals surface area contributed by atoms with Crippen molar-refractivity contribution in [2.75, 3.05) is 18.5 Å². The van der Waals surface area contributed by atoms with E-state index in [9.17, 15) is 0 Å². The van der Waals surface area contributed by atoms with Crippen LogP contribution in [0.5, 0.6) is 5.88 Å². The zero-order valence-electron chi connectivity index (χ0n) is 11.1. The van der Waals surface area contributed by atoms with E-state index in [2.05, 4.69) is 29.1 Å². The van der Waals surface area contributed by atoms with E-state index in [4.69, 9.17) is 4.74 Å². The number of hydrogen-bond donors (Lipinski definition) is 1. The van der Waals surface area contributed by atoms with Crippen LogP contribution in [0.15, 0.2) is 6.07 Å². The molecule has 0 fully saturated rings. The molecule has 0 radical (unpaired) electrons. The third-order valence-corrected chi connectivity index (χ3v) is 2.35. The molecular weight excluding hydrogens is 214 g/mol. The zero-order chi connectivity index (χ0) is 12.5. The maximum Gasteiger partial charge on any atom is 0.218 e. The molecule has 0 saturated carbocycles. The van der Waals surface area contributed by atoms with E-state index in [1.807, 2.05) is 13.0 Å². The molecule has 0 bridgehead atoms. The summed E-state index contributed by atoms with van der Waals surface area (Å²) in [6.07, 6.45) is 4.64. The molecule has 0 saturated heterocycles. The minimum atomic E-state index is 0.664. The highest BCUT2D eigenvalue weighted by atomic mass is 16.5. The topological polar surface area (TPSA) is 47.0 Å². The minimum absolute atomic E-state index is 0.664. The van der Waals surface area contributed by atoms with E-state index >= 15 is 0 Å². The summed E-state index contributed by atoms with van der Waals surface area (Å²) in [6, 6.07) is 1.87. The summed E-state index contributed by atoms with van der Waals surface area (Å²) in [5.41, 5.74) is 0. The Morgan fingerprint density at radius 2 is 2.00 bits per heavy atom. The van der Waals surface area contributed by atoms with E-state index in [0.717, 1.165) is 24.6 Å². The Bertz CT molecular complexity index is 328. The third-order valence-electron chi connectivity index (χ3n) is 2.35. The van der Waals surface area contributed by atoms with Crippen LogP contribution >= 0.6 is 0 Å². The predicted octanol–water partition coefficient (Wildman–Crippen LogP) is 3.18. The molecule has 1 aromatic heterocycles. The Kier molecular flexibility index (Phi) is 6.37. The van der Waals surface area contributed by atoms with Crippen molar-refractivity contribution in [1.82, 2.24) is 9.97 Å². The SMILES string of the molecule is CCCCCNc1cc(OCCC)nc(C)n1. The maximum atomic E-state index is 5.51. The number of aryl methyl sites for hydroxylation is 1. The van der Waals surface area contributed by atoms with Gasteiger partial charge in [-0.1, -0.05) is 26.7 Å². The monoisotopic (exact) mass is 237 g/mol. The van der Waals surface area contributed by atoms with Gasteiger partial charge < -0.3 is 10.1 Å². The molecule has 0 atom stereocenters. The van der Waals surface area contributed by atoms with Gasteiger partial charge in [-0.05, 0) is 19.8 Å². The lowest BCUT2D eigenvalue weighted by Crippen LogP contribution is -2.06. The van der Waals surface area contributed by atoms with E-state index in [-0.39, 0.29) is 0 Å². The van der Waals surface area contributed by atoms with Gasteiger partial charge in [-0.2, -0.15) is 4.98 Å². The zero-order valence-corrected chi connectivity index (χ0v) is 11.1. The smallest absolute Gasteiger partial charge is 0.218 e. The molecule has 96 valence electrons. The number of nitrogens with zero attached hydrogens (tertiary/aromatic N) is 2. The van der Waals surface area contributed by atoms with Gasteiger partial charge in [0, 0.05) is 12.6 Å². The van der Waals surface area contributed by atoms with E-state index in [1.165, 1.54) is 19.3 Å². The van der Waals surface area contributed by atoms with Crippen molar-refractivity contribution in [3.63, 3.8) is 0 Å². The molecule has 0 aromatic carbocycles. The van der Waals surface area contributed by atoms with Gasteiger partial charge in [0.25, 0.3) is 0 Å². The van der Waals surface area contributed by atoms with Gasteiger partial charge in [0.05, 0.1) is 6.61 Å². The van der Waals surface area contributed by atoms with E-state index in [1.54, 1.807) is 0 Å². The lowest BCUT2D eigenvalue weighted by Gasteiger charge is -2.08. The minimum Gasteiger partial charge on any atom is -0.478 e. The average molecular weight is 237 g/mol. The number of rotatable bonds is 8. The lowest BCUT2D eigenvalue weighted by molar-refractivity contribution is 0.304. The number of ether oxygens (including phenoxy) is 1. The second-order valence-electron chi connectivity index (χ2n) is 4.12. The molecule has 17 heavy (non-hydrogen) atoms. The van der Waals surface area contributed by atoms with Crippen molar-refractivity contribution in [2.24, 2.45) is 0 Å². The molecule has 0 amide bonds. The summed E-state index contributed by atoms with van der Waals surface area (Å²) >= 11 is 0. The molecule has 0 unspecified atom stereocenters. The first-order chi connectivity index (χ1) is 8.26. The summed E-state index contributed by atoms with van der Waals surface area (Å²) in [4.78, 5) is 8.58. The number of anilines is 1. The first kappa shape index (κ1) is 13.7. The van der Waals surface area contributed by atoms with Gasteiger partial charge in [-0.25, -0.2) is 4.98 Å². The van der Waals surface area contributed by atoms with Crippen molar-refractivity contribution in [3.05, 3.63) is 11.9 Å². The average Bonchev–Trinajstić information content (AvgIpc) is 2.31. The van der Waals surface area contributed by atoms with Crippen LogP contribution in [0.1, 0.15) is 45.4 Å². The summed E-state index contributed by atoms with van der Waals surface area (Å²) in [5.74, 6) is 2.27. The molecule has 4 heteroatoms. The first-order valence-electron chi connectivity index (χ1n) is 6.48. The molecule has 4 nitrogen and oxygen atoms in total. The van der Waals surface area contributed by atoms with Crippen LogP contribution < -0.4 is 10.1 Å². The molecule has 1 heterocycles. The summed E-state index contributed by atoms with van der Waals surface area (Å²) < 4.78 is 5.51. The Morgan fingerprint density at radius 3 is 2.71 bits per heavy atom. The molecule has 1 rings (SSSR count). The van der Waals surface area contributed by atoms with Crippen LogP contribution in [0.3, 0.4) is 0 Å². The summed E-state index contributed by atoms with van der Waals surface area (Å²) in [6.45, 7) is 7.82. The largest absolute Gasteiger partial charge is 0.478 e. The van der Waals surface area contributed by atoms with Gasteiger partial charge >= 0.3 is 0 Å². The number of hydrogen-bond acceptors (Lipinski definition) is 4. The maximum absolute atomic E-state index is 5.51. The van der Waals surface area contributed by atoms with Crippen molar-refractivity contribution in [3.8, 4) is 5.88 Å². The molecular formula is C13H23N3O. The Hall–Kier alpha value is -1.32. The van der Waals surface area contributed by atoms with Gasteiger partial charge in [0.1, 0.15) is 11.6 Å². The molecule has 1 aromatic rings. The lowest BCUT2D eigenvalue weighted by atomic mass is 10.2. The Balaban J connectivity index is 2.50. The number of aromatic nitrogens is 2. The Morgan fingerprint density at radius 1 is 1.18 bits per heavy atom. The number of nitrogens with one attached hydrogen (secondary N) is 1. The van der Waals surface area contributed by atoms with Crippen LogP contribution in [0, 0.1) is 6.92 Å². The van der Waals surface area contributed by atoms with Gasteiger partial charge in [0.15, 0.2) is 0 Å². The third kappa shape index (κ3) is 5.52. The number of unbranched alkanes of at least 4 members (excludes halogenated alkanes) is 2. The quantitative estimate of drug-likeness (QED) is 0.705. The fourth-order valence-corrected chi connectivity index (χ4v) is 1.50. The highest BCUT2D eigenvalue weighted by molar-refractivity contribution is 5.38. The fourth-order valence-electron chi connectivity index (χ4n) is 1.50. The predicted molar refractivity (Wildman–Crippen MR) is 70.6 cm³/mol. The van der Waals surface area contributed by atoms with Crippen LogP contribution in [0.25, 0.3) is 0 Å². The Labute approximate surface area is 104 Å². The van der Waals surface area contributed by atoms with Crippen LogP contribution in [-0.4, -0.2) is 23.1 Å². The van der Waals surface area contributed by atoms with Crippen molar-refractivity contribution >= 4 is 5.82 Å². The molecule has 0 aliphatic carbocycles. The second kappa shape index (κ2) is 7.87. The van der Waals surface area contributed by atoms with E-state index < -0.39 is 0 Å². The molecule has 0 aliphatic rings. The standard InChI is InChI=1S/C13H23N3O/c1-4-6-7-8-14-12-10-13(17-9-5-2)16-11(3)15-12/h10H,4-9H2,1-3H3,(H,14,15,16). The van der Waals surface area contributed by atoms with Crippen molar-refractivity contribution < 1.29 is 4.74 Å². The van der Waals surface area contributed by atoms with E-state index in [0.29, 0.717) is 12.5 Å². The highest BCUT2D eigenvalue weighted by Gasteiger charge is 2.02. The summed E-state index contributed by atoms with van der Waals surface area (Å²) in [5, 5.41) is 3.31. The highest BCUT2D eigenvalue weighted by Crippen LogP contribution is 2.13. The van der Waals surface area contributed by atoms with Crippen LogP contribution in [-0.2, 0) is 0 Å². The van der Waals surface area contributed by atoms with Crippen LogP contribution in [0.2, 0.25) is 0 Å². The summed E-state index contributed by atoms with van der Waals surface area (Å²) in [7, 11) is 0. The molecule has 1 N–H and O–H groups in total. The van der Waals surface area contributed by atoms with Gasteiger partial charge in [0.2, 0.25) is 5.88 Å². The van der Waals surface area contributed by atoms with Gasteiger partial charge in [-0.15, -0.1) is 0 Å². The molecule has 0 spiro atoms.